The number of nitrogens with zero attached hydrogens (tertiary/aromatic N) is 6. The third kappa shape index (κ3) is 6.35. The topological polar surface area (TPSA) is 100 Å². The molecule has 0 saturated carbocycles. The molecular formula is C29H36N8O2. The summed E-state index contributed by atoms with van der Waals surface area (Å²) < 4.78 is 7.58. The molecule has 1 amide bonds. The molecule has 39 heavy (non-hydrogen) atoms. The average Bonchev–Trinajstić information content (AvgIpc) is 3.31. The Hall–Kier alpha value is -4.44. The summed E-state index contributed by atoms with van der Waals surface area (Å²) >= 11 is 0. The first-order valence-electron chi connectivity index (χ1n) is 12.8. The maximum absolute atomic E-state index is 12.3. The third-order valence-corrected chi connectivity index (χ3v) is 6.81. The summed E-state index contributed by atoms with van der Waals surface area (Å²) in [4.78, 5) is 25.6. The number of hydrogen-bond donors (Lipinski definition) is 2. The number of aryl methyl sites for hydroxylation is 1. The Morgan fingerprint density at radius 2 is 1.92 bits per heavy atom. The Kier molecular flexibility index (Phi) is 8.46. The number of amides is 1. The molecule has 2 aromatic carbocycles. The van der Waals surface area contributed by atoms with E-state index in [4.69, 9.17) is 4.74 Å². The molecule has 0 bridgehead atoms. The number of fused-ring (bicyclic) bond motifs is 1. The number of ether oxygens (including phenoxy) is 1. The highest BCUT2D eigenvalue weighted by Gasteiger charge is 2.17. The van der Waals surface area contributed by atoms with E-state index in [0.29, 0.717) is 29.0 Å². The lowest BCUT2D eigenvalue weighted by Crippen LogP contribution is -2.35. The van der Waals surface area contributed by atoms with Gasteiger partial charge in [0, 0.05) is 56.3 Å². The molecule has 0 aliphatic carbocycles. The summed E-state index contributed by atoms with van der Waals surface area (Å²) in [6.45, 7) is 9.54. The van der Waals surface area contributed by atoms with Crippen molar-refractivity contribution < 1.29 is 9.53 Å². The molecule has 2 aromatic heterocycles. The predicted octanol–water partition coefficient (Wildman–Crippen LogP) is 4.68. The first-order chi connectivity index (χ1) is 18.7. The van der Waals surface area contributed by atoms with Gasteiger partial charge in [-0.05, 0) is 45.2 Å². The molecule has 0 radical (unpaired) electrons. The monoisotopic (exact) mass is 528 g/mol. The van der Waals surface area contributed by atoms with Gasteiger partial charge >= 0.3 is 0 Å². The second kappa shape index (κ2) is 12.0. The van der Waals surface area contributed by atoms with Crippen LogP contribution in [-0.4, -0.2) is 70.9 Å². The highest BCUT2D eigenvalue weighted by atomic mass is 16.5. The van der Waals surface area contributed by atoms with E-state index in [0.717, 1.165) is 40.9 Å². The van der Waals surface area contributed by atoms with Crippen LogP contribution in [0.3, 0.4) is 0 Å². The fourth-order valence-corrected chi connectivity index (χ4v) is 4.17. The third-order valence-electron chi connectivity index (χ3n) is 6.81. The fraction of sp³-hybridized carbons (Fsp3) is 0.310. The van der Waals surface area contributed by atoms with Crippen molar-refractivity contribution in [3.63, 3.8) is 0 Å². The molecule has 0 atom stereocenters. The zero-order valence-electron chi connectivity index (χ0n) is 23.4. The molecule has 0 aliphatic heterocycles. The molecule has 4 rings (SSSR count). The summed E-state index contributed by atoms with van der Waals surface area (Å²) in [6, 6.07) is 12.2. The fourth-order valence-electron chi connectivity index (χ4n) is 4.17. The molecule has 204 valence electrons. The molecule has 0 spiro atoms. The van der Waals surface area contributed by atoms with Gasteiger partial charge in [0.2, 0.25) is 5.91 Å². The van der Waals surface area contributed by atoms with Gasteiger partial charge in [0.15, 0.2) is 0 Å². The lowest BCUT2D eigenvalue weighted by atomic mass is 10.1. The van der Waals surface area contributed by atoms with E-state index >= 15 is 0 Å². The Morgan fingerprint density at radius 3 is 2.64 bits per heavy atom. The Labute approximate surface area is 229 Å². The zero-order valence-corrected chi connectivity index (χ0v) is 23.4. The van der Waals surface area contributed by atoms with E-state index in [1.807, 2.05) is 55.3 Å². The van der Waals surface area contributed by atoms with Crippen molar-refractivity contribution in [2.24, 2.45) is 7.05 Å². The number of carbonyl (C=O) groups excluding carboxylic acids is 1. The van der Waals surface area contributed by atoms with Gasteiger partial charge < -0.3 is 25.2 Å². The van der Waals surface area contributed by atoms with Crippen LogP contribution in [0, 0.1) is 0 Å². The number of aromatic nitrogens is 4. The quantitative estimate of drug-likeness (QED) is 0.271. The number of methoxy groups -OCH3 is 1. The smallest absolute Gasteiger partial charge is 0.247 e. The van der Waals surface area contributed by atoms with Gasteiger partial charge in [-0.25, -0.2) is 9.97 Å². The van der Waals surface area contributed by atoms with Crippen molar-refractivity contribution in [3.8, 4) is 17.0 Å². The van der Waals surface area contributed by atoms with Crippen LogP contribution in [0.1, 0.15) is 13.8 Å². The van der Waals surface area contributed by atoms with E-state index in [2.05, 4.69) is 69.0 Å². The number of carbonyl (C=O) groups is 1. The highest BCUT2D eigenvalue weighted by Crippen LogP contribution is 2.38. The first-order valence-corrected chi connectivity index (χ1v) is 12.8. The number of anilines is 4. The van der Waals surface area contributed by atoms with Crippen molar-refractivity contribution in [1.82, 2.24) is 24.6 Å². The normalized spacial score (nSPS) is 11.2. The van der Waals surface area contributed by atoms with Crippen molar-refractivity contribution in [1.29, 1.82) is 0 Å². The van der Waals surface area contributed by atoms with Crippen molar-refractivity contribution in [3.05, 3.63) is 61.6 Å². The maximum Gasteiger partial charge on any atom is 0.247 e. The Balaban J connectivity index is 1.65. The number of nitrogens with one attached hydrogen (secondary N) is 2. The van der Waals surface area contributed by atoms with Gasteiger partial charge in [0.1, 0.15) is 17.9 Å². The van der Waals surface area contributed by atoms with E-state index in [9.17, 15) is 4.79 Å². The Morgan fingerprint density at radius 1 is 1.13 bits per heavy atom. The van der Waals surface area contributed by atoms with Crippen LogP contribution < -0.4 is 20.3 Å². The van der Waals surface area contributed by atoms with Crippen molar-refractivity contribution >= 4 is 39.7 Å². The van der Waals surface area contributed by atoms with Gasteiger partial charge in [-0.2, -0.15) is 5.10 Å². The molecule has 2 N–H and O–H groups in total. The first kappa shape index (κ1) is 27.6. The van der Waals surface area contributed by atoms with Crippen LogP contribution >= 0.6 is 0 Å². The molecular weight excluding hydrogens is 492 g/mol. The van der Waals surface area contributed by atoms with Gasteiger partial charge in [0.05, 0.1) is 41.6 Å². The van der Waals surface area contributed by atoms with Crippen LogP contribution in [0.2, 0.25) is 0 Å². The number of hydrogen-bond acceptors (Lipinski definition) is 8. The van der Waals surface area contributed by atoms with Gasteiger partial charge in [-0.3, -0.25) is 9.48 Å². The van der Waals surface area contributed by atoms with Gasteiger partial charge in [0.25, 0.3) is 0 Å². The standard InChI is InChI=1S/C29H36N8O2/c1-8-29(38)34-23-14-24(27(39-7)16-26(23)36(5)12-11-35(4)19(2)3)33-28-15-22(30-18-31-28)20-9-10-25-21(13-20)17-32-37(25)6/h8-10,13-19H,1,11-12H2,2-7H3,(H,34,38)(H,30,31,33). The zero-order chi connectivity index (χ0) is 28.1. The maximum atomic E-state index is 12.3. The summed E-state index contributed by atoms with van der Waals surface area (Å²) in [5, 5.41) is 11.6. The van der Waals surface area contributed by atoms with Crippen LogP contribution in [0.15, 0.2) is 61.6 Å². The van der Waals surface area contributed by atoms with Crippen LogP contribution in [0.25, 0.3) is 22.2 Å². The largest absolute Gasteiger partial charge is 0.494 e. The minimum absolute atomic E-state index is 0.296. The predicted molar refractivity (Wildman–Crippen MR) is 158 cm³/mol. The van der Waals surface area contributed by atoms with E-state index in [1.165, 1.54) is 12.4 Å². The van der Waals surface area contributed by atoms with E-state index < -0.39 is 0 Å². The minimum atomic E-state index is -0.296. The molecule has 4 aromatic rings. The van der Waals surface area contributed by atoms with Crippen LogP contribution in [0.4, 0.5) is 22.9 Å². The molecule has 10 heteroatoms. The highest BCUT2D eigenvalue weighted by molar-refractivity contribution is 6.02. The summed E-state index contributed by atoms with van der Waals surface area (Å²) in [5.41, 5.74) is 4.89. The molecule has 0 saturated heterocycles. The van der Waals surface area contributed by atoms with Crippen molar-refractivity contribution in [2.45, 2.75) is 19.9 Å². The molecule has 0 aliphatic rings. The molecule has 2 heterocycles. The second-order valence-electron chi connectivity index (χ2n) is 9.71. The summed E-state index contributed by atoms with van der Waals surface area (Å²) in [7, 11) is 7.63. The summed E-state index contributed by atoms with van der Waals surface area (Å²) in [5.74, 6) is 0.906. The SMILES string of the molecule is C=CC(=O)Nc1cc(Nc2cc(-c3ccc4c(cnn4C)c3)ncn2)c(OC)cc1N(C)CCN(C)C(C)C. The number of rotatable bonds is 11. The van der Waals surface area contributed by atoms with Crippen LogP contribution in [0.5, 0.6) is 5.75 Å². The van der Waals surface area contributed by atoms with Gasteiger partial charge in [-0.1, -0.05) is 12.6 Å². The minimum Gasteiger partial charge on any atom is -0.494 e. The van der Waals surface area contributed by atoms with E-state index in [-0.39, 0.29) is 5.91 Å². The van der Waals surface area contributed by atoms with E-state index in [1.54, 1.807) is 7.11 Å². The molecule has 0 fully saturated rings. The number of likely N-dealkylation sites (N-methyl/N-ethyl adjacent to an activating group) is 2. The lowest BCUT2D eigenvalue weighted by molar-refractivity contribution is -0.111. The Bertz CT molecular complexity index is 1480. The average molecular weight is 529 g/mol. The van der Waals surface area contributed by atoms with Gasteiger partial charge in [-0.15, -0.1) is 0 Å². The summed E-state index contributed by atoms with van der Waals surface area (Å²) in [6.07, 6.45) is 4.61. The lowest BCUT2D eigenvalue weighted by Gasteiger charge is -2.28. The molecule has 10 nitrogen and oxygen atoms in total. The van der Waals surface area contributed by atoms with Crippen LogP contribution in [-0.2, 0) is 11.8 Å². The molecule has 0 unspecified atom stereocenters. The van der Waals surface area contributed by atoms with Crippen molar-refractivity contribution in [2.75, 3.05) is 49.8 Å². The number of benzene rings is 2. The second-order valence-corrected chi connectivity index (χ2v) is 9.71.